The van der Waals surface area contributed by atoms with Crippen LogP contribution in [0.2, 0.25) is 5.02 Å². The molecule has 3 rings (SSSR count). The molecule has 140 valence electrons. The van der Waals surface area contributed by atoms with Crippen molar-refractivity contribution in [2.45, 2.75) is 45.8 Å². The Morgan fingerprint density at radius 3 is 2.69 bits per heavy atom. The van der Waals surface area contributed by atoms with Crippen LogP contribution in [0.1, 0.15) is 43.3 Å². The molecule has 2 aromatic rings. The van der Waals surface area contributed by atoms with Gasteiger partial charge in [0.05, 0.1) is 6.10 Å². The smallest absolute Gasteiger partial charge is 0.330 e. The average molecular weight is 380 g/mol. The Kier molecular flexibility index (Phi) is 4.53. The van der Waals surface area contributed by atoms with E-state index in [-0.39, 0.29) is 18.3 Å². The fourth-order valence-corrected chi connectivity index (χ4v) is 3.87. The second kappa shape index (κ2) is 6.28. The Bertz CT molecular complexity index is 887. The number of halogens is 1. The molecule has 1 aliphatic carbocycles. The molecule has 1 amide bonds. The van der Waals surface area contributed by atoms with E-state index in [0.29, 0.717) is 22.8 Å². The van der Waals surface area contributed by atoms with Gasteiger partial charge in [-0.05, 0) is 32.0 Å². The summed E-state index contributed by atoms with van der Waals surface area (Å²) in [4.78, 5) is 24.9. The zero-order valence-electron chi connectivity index (χ0n) is 15.2. The van der Waals surface area contributed by atoms with Crippen molar-refractivity contribution in [1.82, 2.24) is 5.32 Å². The summed E-state index contributed by atoms with van der Waals surface area (Å²) in [6.07, 6.45) is -0.0282. The minimum absolute atomic E-state index is 0.0959. The Morgan fingerprint density at radius 2 is 2.12 bits per heavy atom. The SMILES string of the molecule is CCOC1CC(NC(=O)c2oc3ccc(Cl)cc3c2C)(C(=O)O)C1(C)C. The molecule has 1 aromatic carbocycles. The van der Waals surface area contributed by atoms with Crippen LogP contribution >= 0.6 is 11.6 Å². The highest BCUT2D eigenvalue weighted by atomic mass is 35.5. The summed E-state index contributed by atoms with van der Waals surface area (Å²) in [5, 5.41) is 13.8. The topological polar surface area (TPSA) is 88.8 Å². The summed E-state index contributed by atoms with van der Waals surface area (Å²) in [6, 6.07) is 5.08. The van der Waals surface area contributed by atoms with E-state index in [4.69, 9.17) is 20.8 Å². The molecule has 0 radical (unpaired) electrons. The molecule has 6 nitrogen and oxygen atoms in total. The molecule has 2 N–H and O–H groups in total. The molecule has 0 aliphatic heterocycles. The van der Waals surface area contributed by atoms with Crippen LogP contribution in [0.5, 0.6) is 0 Å². The minimum Gasteiger partial charge on any atom is -0.479 e. The van der Waals surface area contributed by atoms with Gasteiger partial charge in [0, 0.05) is 34.4 Å². The van der Waals surface area contributed by atoms with E-state index in [2.05, 4.69) is 5.32 Å². The minimum atomic E-state index is -1.41. The Morgan fingerprint density at radius 1 is 1.42 bits per heavy atom. The van der Waals surface area contributed by atoms with Crippen LogP contribution in [0, 0.1) is 12.3 Å². The zero-order chi connectivity index (χ0) is 19.3. The maximum Gasteiger partial charge on any atom is 0.330 e. The van der Waals surface area contributed by atoms with Gasteiger partial charge in [0.25, 0.3) is 5.91 Å². The third-order valence-electron chi connectivity index (χ3n) is 5.56. The van der Waals surface area contributed by atoms with E-state index in [1.54, 1.807) is 39.0 Å². The summed E-state index contributed by atoms with van der Waals surface area (Å²) in [5.74, 6) is -1.54. The predicted octanol–water partition coefficient (Wildman–Crippen LogP) is 3.78. The average Bonchev–Trinajstić information content (AvgIpc) is 2.90. The van der Waals surface area contributed by atoms with E-state index >= 15 is 0 Å². The molecule has 1 aromatic heterocycles. The largest absolute Gasteiger partial charge is 0.479 e. The van der Waals surface area contributed by atoms with Crippen molar-refractivity contribution < 1.29 is 23.8 Å². The van der Waals surface area contributed by atoms with Gasteiger partial charge >= 0.3 is 5.97 Å². The number of aryl methyl sites for hydroxylation is 1. The van der Waals surface area contributed by atoms with Crippen LogP contribution in [0.4, 0.5) is 0 Å². The number of nitrogens with one attached hydrogen (secondary N) is 1. The van der Waals surface area contributed by atoms with Gasteiger partial charge in [0.1, 0.15) is 11.1 Å². The summed E-state index contributed by atoms with van der Waals surface area (Å²) < 4.78 is 11.3. The highest BCUT2D eigenvalue weighted by Gasteiger charge is 2.66. The number of amides is 1. The fraction of sp³-hybridized carbons (Fsp3) is 0.474. The molecule has 26 heavy (non-hydrogen) atoms. The van der Waals surface area contributed by atoms with Gasteiger partial charge in [-0.25, -0.2) is 4.79 Å². The molecular formula is C19H22ClNO5. The summed E-state index contributed by atoms with van der Waals surface area (Å²) in [5.41, 5.74) is -1.01. The van der Waals surface area contributed by atoms with Crippen LogP contribution in [-0.2, 0) is 9.53 Å². The lowest BCUT2D eigenvalue weighted by atomic mass is 9.54. The van der Waals surface area contributed by atoms with Crippen LogP contribution < -0.4 is 5.32 Å². The van der Waals surface area contributed by atoms with Crippen molar-refractivity contribution in [2.24, 2.45) is 5.41 Å². The normalized spacial score (nSPS) is 24.3. The van der Waals surface area contributed by atoms with Crippen molar-refractivity contribution in [2.75, 3.05) is 6.61 Å². The third kappa shape index (κ3) is 2.59. The summed E-state index contributed by atoms with van der Waals surface area (Å²) in [7, 11) is 0. The van der Waals surface area contributed by atoms with E-state index in [1.165, 1.54) is 0 Å². The molecule has 2 atom stereocenters. The van der Waals surface area contributed by atoms with Crippen LogP contribution in [0.15, 0.2) is 22.6 Å². The summed E-state index contributed by atoms with van der Waals surface area (Å²) >= 11 is 6.01. The number of carboxylic acid groups (broad SMARTS) is 1. The number of fused-ring (bicyclic) bond motifs is 1. The van der Waals surface area contributed by atoms with Crippen molar-refractivity contribution >= 4 is 34.4 Å². The van der Waals surface area contributed by atoms with E-state index in [1.807, 2.05) is 6.92 Å². The van der Waals surface area contributed by atoms with Gasteiger partial charge in [0.2, 0.25) is 0 Å². The molecule has 7 heteroatoms. The number of rotatable bonds is 5. The second-order valence-corrected chi connectivity index (χ2v) is 7.67. The first-order valence-corrected chi connectivity index (χ1v) is 8.88. The van der Waals surface area contributed by atoms with Crippen molar-refractivity contribution in [3.63, 3.8) is 0 Å². The van der Waals surface area contributed by atoms with Crippen LogP contribution in [0.3, 0.4) is 0 Å². The first-order chi connectivity index (χ1) is 12.1. The number of carbonyl (C=O) groups is 2. The molecule has 1 aliphatic rings. The standard InChI is InChI=1S/C19H22ClNO5/c1-5-25-14-9-19(17(23)24,18(14,3)4)21-16(22)15-10(2)12-8-11(20)6-7-13(12)26-15/h6-8,14H,5,9H2,1-4H3,(H,21,22)(H,23,24). The molecule has 2 unspecified atom stereocenters. The van der Waals surface area contributed by atoms with Gasteiger partial charge in [-0.1, -0.05) is 25.4 Å². The molecule has 0 saturated heterocycles. The van der Waals surface area contributed by atoms with Gasteiger partial charge in [-0.2, -0.15) is 0 Å². The van der Waals surface area contributed by atoms with E-state index in [9.17, 15) is 14.7 Å². The number of aliphatic carboxylic acids is 1. The molecular weight excluding hydrogens is 358 g/mol. The number of ether oxygens (including phenoxy) is 1. The van der Waals surface area contributed by atoms with Crippen molar-refractivity contribution in [1.29, 1.82) is 0 Å². The number of carboxylic acids is 1. The monoisotopic (exact) mass is 379 g/mol. The quantitative estimate of drug-likeness (QED) is 0.825. The van der Waals surface area contributed by atoms with Crippen LogP contribution in [0.25, 0.3) is 11.0 Å². The van der Waals surface area contributed by atoms with E-state index in [0.717, 1.165) is 5.39 Å². The third-order valence-corrected chi connectivity index (χ3v) is 5.80. The van der Waals surface area contributed by atoms with Gasteiger partial charge < -0.3 is 19.6 Å². The Balaban J connectivity index is 1.93. The maximum absolute atomic E-state index is 12.8. The molecule has 1 fully saturated rings. The lowest BCUT2D eigenvalue weighted by Gasteiger charge is -2.58. The number of hydrogen-bond acceptors (Lipinski definition) is 4. The van der Waals surface area contributed by atoms with Gasteiger partial charge in [-0.15, -0.1) is 0 Å². The number of carbonyl (C=O) groups excluding carboxylic acids is 1. The van der Waals surface area contributed by atoms with Crippen LogP contribution in [-0.4, -0.2) is 35.2 Å². The molecule has 0 bridgehead atoms. The zero-order valence-corrected chi connectivity index (χ0v) is 15.9. The molecule has 0 spiro atoms. The van der Waals surface area contributed by atoms with E-state index < -0.39 is 22.8 Å². The lowest BCUT2D eigenvalue weighted by molar-refractivity contribution is -0.190. The maximum atomic E-state index is 12.8. The van der Waals surface area contributed by atoms with Gasteiger partial charge in [0.15, 0.2) is 5.76 Å². The first-order valence-electron chi connectivity index (χ1n) is 8.50. The highest BCUT2D eigenvalue weighted by molar-refractivity contribution is 6.31. The number of hydrogen-bond donors (Lipinski definition) is 2. The van der Waals surface area contributed by atoms with Crippen molar-refractivity contribution in [3.05, 3.63) is 34.5 Å². The molecule has 1 saturated carbocycles. The number of furan rings is 1. The fourth-order valence-electron chi connectivity index (χ4n) is 3.70. The number of benzene rings is 1. The lowest BCUT2D eigenvalue weighted by Crippen LogP contribution is -2.76. The van der Waals surface area contributed by atoms with Gasteiger partial charge in [-0.3, -0.25) is 4.79 Å². The second-order valence-electron chi connectivity index (χ2n) is 7.23. The van der Waals surface area contributed by atoms with Crippen molar-refractivity contribution in [3.8, 4) is 0 Å². The Hall–Kier alpha value is -2.05. The summed E-state index contributed by atoms with van der Waals surface area (Å²) in [6.45, 7) is 7.67. The Labute approximate surface area is 156 Å². The highest BCUT2D eigenvalue weighted by Crippen LogP contribution is 2.51. The molecule has 1 heterocycles. The predicted molar refractivity (Wildman–Crippen MR) is 97.6 cm³/mol. The first kappa shape index (κ1) is 18.7.